The summed E-state index contributed by atoms with van der Waals surface area (Å²) in [4.78, 5) is 12.4. The predicted octanol–water partition coefficient (Wildman–Crippen LogP) is 3.13. The molecule has 0 spiro atoms. The van der Waals surface area contributed by atoms with Crippen LogP contribution >= 0.6 is 15.9 Å². The van der Waals surface area contributed by atoms with Crippen molar-refractivity contribution >= 4 is 31.9 Å². The van der Waals surface area contributed by atoms with Gasteiger partial charge in [-0.05, 0) is 36.6 Å². The molecule has 140 valence electrons. The van der Waals surface area contributed by atoms with Crippen LogP contribution in [-0.2, 0) is 21.2 Å². The molecule has 1 N–H and O–H groups in total. The summed E-state index contributed by atoms with van der Waals surface area (Å²) in [6.45, 7) is 1.94. The van der Waals surface area contributed by atoms with E-state index < -0.39 is 10.0 Å². The number of rotatable bonds is 8. The number of amides is 1. The number of carbonyl (C=O) groups is 1. The Bertz CT molecular complexity index is 841. The number of halogens is 1. The Morgan fingerprint density at radius 3 is 2.46 bits per heavy atom. The van der Waals surface area contributed by atoms with Crippen molar-refractivity contribution < 1.29 is 13.2 Å². The fraction of sp³-hybridized carbons (Fsp3) is 0.316. The van der Waals surface area contributed by atoms with Crippen LogP contribution in [-0.4, -0.2) is 38.0 Å². The minimum atomic E-state index is -3.47. The number of benzene rings is 2. The first-order valence-electron chi connectivity index (χ1n) is 8.29. The van der Waals surface area contributed by atoms with E-state index in [1.807, 2.05) is 61.5 Å². The summed E-state index contributed by atoms with van der Waals surface area (Å²) in [5.41, 5.74) is 1.98. The monoisotopic (exact) mass is 438 g/mol. The maximum atomic E-state index is 12.4. The SMILES string of the molecule is C[C@@H](NC(=O)CN(CCc1ccccc1)S(C)(=O)=O)c1cccc(Br)c1. The van der Waals surface area contributed by atoms with Gasteiger partial charge < -0.3 is 5.32 Å². The van der Waals surface area contributed by atoms with Crippen molar-refractivity contribution in [2.24, 2.45) is 0 Å². The molecule has 2 aromatic rings. The number of hydrogen-bond acceptors (Lipinski definition) is 3. The van der Waals surface area contributed by atoms with Gasteiger partial charge in [0.05, 0.1) is 18.8 Å². The Hall–Kier alpha value is -1.70. The third-order valence-corrected chi connectivity index (χ3v) is 5.75. The topological polar surface area (TPSA) is 66.5 Å². The number of hydrogen-bond donors (Lipinski definition) is 1. The summed E-state index contributed by atoms with van der Waals surface area (Å²) in [6, 6.07) is 17.0. The number of sulfonamides is 1. The average molecular weight is 439 g/mol. The summed E-state index contributed by atoms with van der Waals surface area (Å²) in [5.74, 6) is -0.323. The molecule has 2 rings (SSSR count). The Balaban J connectivity index is 1.97. The van der Waals surface area contributed by atoms with Gasteiger partial charge in [0, 0.05) is 11.0 Å². The fourth-order valence-electron chi connectivity index (χ4n) is 2.57. The minimum absolute atomic E-state index is 0.190. The highest BCUT2D eigenvalue weighted by Gasteiger charge is 2.21. The molecule has 7 heteroatoms. The van der Waals surface area contributed by atoms with Gasteiger partial charge in [-0.25, -0.2) is 8.42 Å². The van der Waals surface area contributed by atoms with Crippen LogP contribution in [0.2, 0.25) is 0 Å². The number of nitrogens with one attached hydrogen (secondary N) is 1. The van der Waals surface area contributed by atoms with Crippen molar-refractivity contribution in [1.82, 2.24) is 9.62 Å². The lowest BCUT2D eigenvalue weighted by Gasteiger charge is -2.21. The minimum Gasteiger partial charge on any atom is -0.348 e. The smallest absolute Gasteiger partial charge is 0.235 e. The summed E-state index contributed by atoms with van der Waals surface area (Å²) < 4.78 is 26.2. The van der Waals surface area contributed by atoms with Crippen LogP contribution < -0.4 is 5.32 Å². The molecule has 0 unspecified atom stereocenters. The van der Waals surface area contributed by atoms with Gasteiger partial charge in [0.2, 0.25) is 15.9 Å². The molecule has 0 saturated carbocycles. The van der Waals surface area contributed by atoms with Crippen molar-refractivity contribution in [3.63, 3.8) is 0 Å². The summed E-state index contributed by atoms with van der Waals surface area (Å²) in [7, 11) is -3.47. The van der Waals surface area contributed by atoms with Crippen LogP contribution in [0.1, 0.15) is 24.1 Å². The zero-order chi connectivity index (χ0) is 19.2. The molecule has 0 fully saturated rings. The molecule has 26 heavy (non-hydrogen) atoms. The lowest BCUT2D eigenvalue weighted by Crippen LogP contribution is -2.41. The van der Waals surface area contributed by atoms with Crippen LogP contribution in [0.4, 0.5) is 0 Å². The molecule has 0 bridgehead atoms. The van der Waals surface area contributed by atoms with E-state index in [0.717, 1.165) is 21.9 Å². The second-order valence-electron chi connectivity index (χ2n) is 6.18. The molecule has 0 aliphatic heterocycles. The van der Waals surface area contributed by atoms with Gasteiger partial charge in [-0.1, -0.05) is 58.4 Å². The van der Waals surface area contributed by atoms with E-state index >= 15 is 0 Å². The molecule has 0 aliphatic carbocycles. The van der Waals surface area contributed by atoms with Crippen molar-refractivity contribution in [2.45, 2.75) is 19.4 Å². The Labute approximate surface area is 163 Å². The highest BCUT2D eigenvalue weighted by molar-refractivity contribution is 9.10. The van der Waals surface area contributed by atoms with E-state index in [2.05, 4.69) is 21.2 Å². The molecule has 0 saturated heterocycles. The predicted molar refractivity (Wildman–Crippen MR) is 107 cm³/mol. The van der Waals surface area contributed by atoms with E-state index in [9.17, 15) is 13.2 Å². The van der Waals surface area contributed by atoms with Gasteiger partial charge >= 0.3 is 0 Å². The lowest BCUT2D eigenvalue weighted by molar-refractivity contribution is -0.121. The van der Waals surface area contributed by atoms with Crippen LogP contribution in [0.15, 0.2) is 59.1 Å². The van der Waals surface area contributed by atoms with Crippen LogP contribution in [0.25, 0.3) is 0 Å². The molecule has 1 amide bonds. The number of nitrogens with zero attached hydrogens (tertiary/aromatic N) is 1. The Morgan fingerprint density at radius 1 is 1.15 bits per heavy atom. The largest absolute Gasteiger partial charge is 0.348 e. The van der Waals surface area contributed by atoms with E-state index in [1.165, 1.54) is 4.31 Å². The highest BCUT2D eigenvalue weighted by Crippen LogP contribution is 2.17. The Kier molecular flexibility index (Phi) is 7.37. The summed E-state index contributed by atoms with van der Waals surface area (Å²) >= 11 is 3.41. The second kappa shape index (κ2) is 9.30. The van der Waals surface area contributed by atoms with Gasteiger partial charge in [-0.2, -0.15) is 4.31 Å². The number of carbonyl (C=O) groups excluding carboxylic acids is 1. The summed E-state index contributed by atoms with van der Waals surface area (Å²) in [6.07, 6.45) is 1.69. The van der Waals surface area contributed by atoms with Crippen molar-refractivity contribution in [1.29, 1.82) is 0 Å². The lowest BCUT2D eigenvalue weighted by atomic mass is 10.1. The van der Waals surface area contributed by atoms with Gasteiger partial charge in [0.1, 0.15) is 0 Å². The molecular weight excluding hydrogens is 416 g/mol. The van der Waals surface area contributed by atoms with Crippen molar-refractivity contribution in [2.75, 3.05) is 19.3 Å². The van der Waals surface area contributed by atoms with Gasteiger partial charge in [0.15, 0.2) is 0 Å². The third kappa shape index (κ3) is 6.55. The summed E-state index contributed by atoms with van der Waals surface area (Å²) in [5, 5.41) is 2.86. The third-order valence-electron chi connectivity index (χ3n) is 4.01. The van der Waals surface area contributed by atoms with Crippen LogP contribution in [0, 0.1) is 0 Å². The van der Waals surface area contributed by atoms with Crippen molar-refractivity contribution in [3.8, 4) is 0 Å². The molecule has 0 aromatic heterocycles. The van der Waals surface area contributed by atoms with Crippen LogP contribution in [0.3, 0.4) is 0 Å². The van der Waals surface area contributed by atoms with Crippen molar-refractivity contribution in [3.05, 3.63) is 70.2 Å². The van der Waals surface area contributed by atoms with Gasteiger partial charge in [0.25, 0.3) is 0 Å². The Morgan fingerprint density at radius 2 is 1.85 bits per heavy atom. The van der Waals surface area contributed by atoms with Gasteiger partial charge in [-0.3, -0.25) is 4.79 Å². The molecule has 0 heterocycles. The first kappa shape index (κ1) is 20.6. The average Bonchev–Trinajstić information content (AvgIpc) is 2.58. The maximum Gasteiger partial charge on any atom is 0.235 e. The standard InChI is InChI=1S/C19H23BrN2O3S/c1-15(17-9-6-10-18(20)13-17)21-19(23)14-22(26(2,24)25)12-11-16-7-4-3-5-8-16/h3-10,13,15H,11-12,14H2,1-2H3,(H,21,23)/t15-/m1/s1. The van der Waals surface area contributed by atoms with E-state index in [0.29, 0.717) is 6.42 Å². The van der Waals surface area contributed by atoms with E-state index in [-0.39, 0.29) is 25.0 Å². The molecule has 2 aromatic carbocycles. The molecule has 5 nitrogen and oxygen atoms in total. The van der Waals surface area contributed by atoms with Gasteiger partial charge in [-0.15, -0.1) is 0 Å². The fourth-order valence-corrected chi connectivity index (χ4v) is 3.76. The second-order valence-corrected chi connectivity index (χ2v) is 9.07. The molecule has 1 atom stereocenters. The zero-order valence-electron chi connectivity index (χ0n) is 14.9. The quantitative estimate of drug-likeness (QED) is 0.688. The molecule has 0 radical (unpaired) electrons. The molecule has 0 aliphatic rings. The van der Waals surface area contributed by atoms with E-state index in [4.69, 9.17) is 0 Å². The zero-order valence-corrected chi connectivity index (χ0v) is 17.3. The normalized spacial score (nSPS) is 12.8. The maximum absolute atomic E-state index is 12.4. The highest BCUT2D eigenvalue weighted by atomic mass is 79.9. The first-order chi connectivity index (χ1) is 12.3. The van der Waals surface area contributed by atoms with Crippen LogP contribution in [0.5, 0.6) is 0 Å². The molecular formula is C19H23BrN2O3S. The first-order valence-corrected chi connectivity index (χ1v) is 10.9. The van der Waals surface area contributed by atoms with E-state index in [1.54, 1.807) is 0 Å².